The molecule has 1 heterocycles. The molecule has 0 spiro atoms. The van der Waals surface area contributed by atoms with E-state index in [1.54, 1.807) is 0 Å². The summed E-state index contributed by atoms with van der Waals surface area (Å²) in [5.74, 6) is 0. The van der Waals surface area contributed by atoms with Gasteiger partial charge in [-0.2, -0.15) is 0 Å². The molecular formula is C18H25N3. The summed E-state index contributed by atoms with van der Waals surface area (Å²) < 4.78 is 0. The number of nitrogens with zero attached hydrogens (tertiary/aromatic N) is 2. The summed E-state index contributed by atoms with van der Waals surface area (Å²) >= 11 is 0. The van der Waals surface area contributed by atoms with Crippen molar-refractivity contribution in [2.75, 3.05) is 18.5 Å². The first-order valence-corrected chi connectivity index (χ1v) is 7.73. The van der Waals surface area contributed by atoms with E-state index >= 15 is 0 Å². The number of rotatable bonds is 8. The van der Waals surface area contributed by atoms with E-state index in [1.807, 2.05) is 7.05 Å². The number of nitrogens with one attached hydrogen (secondary N) is 1. The highest BCUT2D eigenvalue weighted by Crippen LogP contribution is 2.17. The maximum absolute atomic E-state index is 4.73. The predicted octanol–water partition coefficient (Wildman–Crippen LogP) is 3.61. The second-order valence-corrected chi connectivity index (χ2v) is 5.26. The number of hydrogen-bond acceptors (Lipinski definition) is 3. The number of para-hydroxylation sites is 1. The second kappa shape index (κ2) is 8.42. The molecular weight excluding hydrogens is 258 g/mol. The van der Waals surface area contributed by atoms with Crippen LogP contribution < -0.4 is 10.2 Å². The lowest BCUT2D eigenvalue weighted by molar-refractivity contribution is 0.702. The van der Waals surface area contributed by atoms with Crippen molar-refractivity contribution in [3.8, 4) is 0 Å². The standard InChI is InChI=1S/C18H25N3/c1-3-4-13-21(18-11-6-5-7-12-18)15-17-10-8-9-16(20-17)14-19-2/h5-12,19H,3-4,13-15H2,1-2H3. The molecule has 0 aliphatic heterocycles. The molecule has 0 atom stereocenters. The molecule has 0 aliphatic rings. The lowest BCUT2D eigenvalue weighted by Gasteiger charge is -2.24. The molecule has 0 aliphatic carbocycles. The normalized spacial score (nSPS) is 10.6. The van der Waals surface area contributed by atoms with Crippen LogP contribution in [0, 0.1) is 0 Å². The Labute approximate surface area is 128 Å². The fraction of sp³-hybridized carbons (Fsp3) is 0.389. The number of unbranched alkanes of at least 4 members (excludes halogenated alkanes) is 1. The molecule has 0 amide bonds. The SMILES string of the molecule is CCCCN(Cc1cccc(CNC)n1)c1ccccc1. The second-order valence-electron chi connectivity index (χ2n) is 5.26. The van der Waals surface area contributed by atoms with Crippen LogP contribution in [-0.2, 0) is 13.1 Å². The summed E-state index contributed by atoms with van der Waals surface area (Å²) in [4.78, 5) is 7.14. The topological polar surface area (TPSA) is 28.2 Å². The molecule has 0 unspecified atom stereocenters. The lowest BCUT2D eigenvalue weighted by atomic mass is 10.2. The van der Waals surface area contributed by atoms with Gasteiger partial charge in [0, 0.05) is 18.8 Å². The minimum absolute atomic E-state index is 0.814. The third kappa shape index (κ3) is 4.87. The van der Waals surface area contributed by atoms with Gasteiger partial charge < -0.3 is 10.2 Å². The van der Waals surface area contributed by atoms with Gasteiger partial charge in [0.1, 0.15) is 0 Å². The fourth-order valence-corrected chi connectivity index (χ4v) is 2.38. The molecule has 0 saturated heterocycles. The van der Waals surface area contributed by atoms with E-state index in [2.05, 4.69) is 65.7 Å². The van der Waals surface area contributed by atoms with Gasteiger partial charge in [0.15, 0.2) is 0 Å². The van der Waals surface area contributed by atoms with Crippen LogP contribution in [-0.4, -0.2) is 18.6 Å². The number of pyridine rings is 1. The van der Waals surface area contributed by atoms with Crippen LogP contribution in [0.3, 0.4) is 0 Å². The first kappa shape index (κ1) is 15.5. The lowest BCUT2D eigenvalue weighted by Crippen LogP contribution is -2.24. The molecule has 21 heavy (non-hydrogen) atoms. The first-order valence-electron chi connectivity index (χ1n) is 7.73. The van der Waals surface area contributed by atoms with E-state index in [0.29, 0.717) is 0 Å². The Morgan fingerprint density at radius 1 is 1.00 bits per heavy atom. The van der Waals surface area contributed by atoms with Crippen molar-refractivity contribution in [3.05, 3.63) is 59.9 Å². The Morgan fingerprint density at radius 2 is 1.76 bits per heavy atom. The van der Waals surface area contributed by atoms with Crippen molar-refractivity contribution in [2.45, 2.75) is 32.9 Å². The van der Waals surface area contributed by atoms with Gasteiger partial charge in [-0.25, -0.2) is 0 Å². The van der Waals surface area contributed by atoms with Crippen LogP contribution in [0.5, 0.6) is 0 Å². The summed E-state index contributed by atoms with van der Waals surface area (Å²) in [5, 5.41) is 3.15. The van der Waals surface area contributed by atoms with Crippen molar-refractivity contribution in [1.82, 2.24) is 10.3 Å². The summed E-state index contributed by atoms with van der Waals surface area (Å²) in [6.07, 6.45) is 2.40. The van der Waals surface area contributed by atoms with Gasteiger partial charge in [-0.3, -0.25) is 4.98 Å². The van der Waals surface area contributed by atoms with Crippen LogP contribution in [0.1, 0.15) is 31.2 Å². The van der Waals surface area contributed by atoms with E-state index in [1.165, 1.54) is 18.5 Å². The van der Waals surface area contributed by atoms with Gasteiger partial charge in [0.05, 0.1) is 17.9 Å². The molecule has 0 saturated carbocycles. The van der Waals surface area contributed by atoms with Crippen molar-refractivity contribution >= 4 is 5.69 Å². The maximum Gasteiger partial charge on any atom is 0.0602 e. The number of anilines is 1. The van der Waals surface area contributed by atoms with E-state index < -0.39 is 0 Å². The Kier molecular flexibility index (Phi) is 6.22. The summed E-state index contributed by atoms with van der Waals surface area (Å²) in [6, 6.07) is 16.9. The smallest absolute Gasteiger partial charge is 0.0602 e. The zero-order valence-electron chi connectivity index (χ0n) is 13.0. The summed E-state index contributed by atoms with van der Waals surface area (Å²) in [6.45, 7) is 4.98. The van der Waals surface area contributed by atoms with Crippen molar-refractivity contribution in [2.24, 2.45) is 0 Å². The summed E-state index contributed by atoms with van der Waals surface area (Å²) in [7, 11) is 1.95. The molecule has 0 fully saturated rings. The van der Waals surface area contributed by atoms with Gasteiger partial charge >= 0.3 is 0 Å². The molecule has 1 aromatic carbocycles. The third-order valence-electron chi connectivity index (χ3n) is 3.48. The first-order chi connectivity index (χ1) is 10.3. The van der Waals surface area contributed by atoms with Gasteiger partial charge in [0.25, 0.3) is 0 Å². The van der Waals surface area contributed by atoms with E-state index in [4.69, 9.17) is 4.98 Å². The summed E-state index contributed by atoms with van der Waals surface area (Å²) in [5.41, 5.74) is 3.49. The fourth-order valence-electron chi connectivity index (χ4n) is 2.38. The monoisotopic (exact) mass is 283 g/mol. The van der Waals surface area contributed by atoms with Crippen LogP contribution >= 0.6 is 0 Å². The van der Waals surface area contributed by atoms with Gasteiger partial charge in [0.2, 0.25) is 0 Å². The van der Waals surface area contributed by atoms with E-state index in [0.717, 1.165) is 31.0 Å². The molecule has 0 bridgehead atoms. The van der Waals surface area contributed by atoms with Gasteiger partial charge in [-0.05, 0) is 37.7 Å². The van der Waals surface area contributed by atoms with E-state index in [9.17, 15) is 0 Å². The number of benzene rings is 1. The van der Waals surface area contributed by atoms with Gasteiger partial charge in [-0.1, -0.05) is 37.6 Å². The van der Waals surface area contributed by atoms with Crippen LogP contribution in [0.25, 0.3) is 0 Å². The largest absolute Gasteiger partial charge is 0.366 e. The highest BCUT2D eigenvalue weighted by molar-refractivity contribution is 5.46. The van der Waals surface area contributed by atoms with Crippen LogP contribution in [0.4, 0.5) is 5.69 Å². The van der Waals surface area contributed by atoms with Crippen molar-refractivity contribution in [1.29, 1.82) is 0 Å². The Hall–Kier alpha value is -1.87. The van der Waals surface area contributed by atoms with Crippen molar-refractivity contribution in [3.63, 3.8) is 0 Å². The zero-order chi connectivity index (χ0) is 14.9. The number of hydrogen-bond donors (Lipinski definition) is 1. The predicted molar refractivity (Wildman–Crippen MR) is 89.4 cm³/mol. The number of aromatic nitrogens is 1. The molecule has 2 aromatic rings. The quantitative estimate of drug-likeness (QED) is 0.802. The molecule has 1 N–H and O–H groups in total. The molecule has 1 aromatic heterocycles. The molecule has 3 nitrogen and oxygen atoms in total. The van der Waals surface area contributed by atoms with E-state index in [-0.39, 0.29) is 0 Å². The highest BCUT2D eigenvalue weighted by atomic mass is 15.1. The molecule has 112 valence electrons. The average Bonchev–Trinajstić information content (AvgIpc) is 2.53. The Morgan fingerprint density at radius 3 is 2.48 bits per heavy atom. The highest BCUT2D eigenvalue weighted by Gasteiger charge is 2.08. The Bertz CT molecular complexity index is 525. The maximum atomic E-state index is 4.73. The third-order valence-corrected chi connectivity index (χ3v) is 3.48. The minimum atomic E-state index is 0.814. The zero-order valence-corrected chi connectivity index (χ0v) is 13.0. The molecule has 2 rings (SSSR count). The Balaban J connectivity index is 2.12. The molecule has 0 radical (unpaired) electrons. The van der Waals surface area contributed by atoms with Crippen molar-refractivity contribution < 1.29 is 0 Å². The van der Waals surface area contributed by atoms with Gasteiger partial charge in [-0.15, -0.1) is 0 Å². The average molecular weight is 283 g/mol. The molecule has 3 heteroatoms. The van der Waals surface area contributed by atoms with Crippen LogP contribution in [0.2, 0.25) is 0 Å². The van der Waals surface area contributed by atoms with Crippen LogP contribution in [0.15, 0.2) is 48.5 Å². The minimum Gasteiger partial charge on any atom is -0.366 e.